The smallest absolute Gasteiger partial charge is 0 e. The first-order valence-corrected chi connectivity index (χ1v) is 5.43. The molecule has 0 aliphatic carbocycles. The first-order valence-electron chi connectivity index (χ1n) is 3.96. The topological polar surface area (TPSA) is 205 Å². The third-order valence-electron chi connectivity index (χ3n) is 0.757. The summed E-state index contributed by atoms with van der Waals surface area (Å²) in [4.78, 5) is 1.09. The summed E-state index contributed by atoms with van der Waals surface area (Å²) in [5.41, 5.74) is 5.40. The predicted molar refractivity (Wildman–Crippen MR) is 68.0 cm³/mol. The summed E-state index contributed by atoms with van der Waals surface area (Å²) in [5.74, 6) is 0. The molecule has 27 heavy (non-hydrogen) atoms. The Balaban J connectivity index is -0.0000000166. The van der Waals surface area contributed by atoms with E-state index in [0.717, 1.165) is 4.88 Å². The van der Waals surface area contributed by atoms with Gasteiger partial charge in [0.15, 0.2) is 0 Å². The molecule has 0 saturated heterocycles. The van der Waals surface area contributed by atoms with Gasteiger partial charge in [-0.05, 0) is 0 Å². The van der Waals surface area contributed by atoms with Crippen molar-refractivity contribution >= 4 is 15.9 Å². The van der Waals surface area contributed by atoms with Crippen molar-refractivity contribution in [3.05, 3.63) is 82.2 Å². The van der Waals surface area contributed by atoms with Crippen LogP contribution < -0.4 is 5.73 Å². The zero-order chi connectivity index (χ0) is 24.0. The van der Waals surface area contributed by atoms with Crippen LogP contribution >= 0.6 is 11.3 Å². The van der Waals surface area contributed by atoms with Crippen LogP contribution in [0.2, 0.25) is 0 Å². The Hall–Kier alpha value is -1.77. The van der Waals surface area contributed by atoms with Crippen molar-refractivity contribution in [1.29, 1.82) is 0 Å². The fourth-order valence-electron chi connectivity index (χ4n) is 0.414. The molecule has 1 radical (unpaired) electrons. The van der Waals surface area contributed by atoms with Crippen molar-refractivity contribution in [2.45, 2.75) is 0 Å². The van der Waals surface area contributed by atoms with Gasteiger partial charge >= 0.3 is 161 Å². The molecule has 0 spiro atoms. The molecule has 1 heterocycles. The quantitative estimate of drug-likeness (QED) is 0.343. The second-order valence-corrected chi connectivity index (χ2v) is 2.91. The molecule has 0 aromatic carbocycles. The second-order valence-electron chi connectivity index (χ2n) is 1.33. The number of hydrogen-bond donors (Lipinski definition) is 1. The van der Waals surface area contributed by atoms with Crippen LogP contribution in [0.4, 0.5) is 0 Å². The van der Waals surface area contributed by atoms with Crippen molar-refractivity contribution < 1.29 is 74.5 Å². The molecule has 0 unspecified atom stereocenters. The third kappa shape index (κ3) is 141. The molecule has 1 aromatic rings. The monoisotopic (exact) mass is 473 g/mol. The van der Waals surface area contributed by atoms with Gasteiger partial charge in [0.2, 0.25) is 0 Å². The zero-order valence-electron chi connectivity index (χ0n) is 12.6. The molecular weight excluding hydrogens is 468 g/mol. The van der Waals surface area contributed by atoms with E-state index in [1.807, 2.05) is 17.5 Å². The molecule has 1 rings (SSSR count). The van der Waals surface area contributed by atoms with Gasteiger partial charge in [0, 0.05) is 17.1 Å². The van der Waals surface area contributed by atoms with Gasteiger partial charge < -0.3 is 0 Å². The van der Waals surface area contributed by atoms with Crippen molar-refractivity contribution in [1.82, 2.24) is 0 Å². The van der Waals surface area contributed by atoms with Gasteiger partial charge in [-0.3, -0.25) is 0 Å². The fraction of sp³-hybridized carbons (Fsp3) is 0. The van der Waals surface area contributed by atoms with Crippen LogP contribution in [0.5, 0.6) is 0 Å². The Bertz CT molecular complexity index is 438. The SMILES string of the molecule is N[C](=[Mn])c1cccs1.[C-]#[O+].[C-]#[O+].[C-]#[O+].[C-]#[O+].[C-]#[O+].[C-]#[O+].[C-]#[O+].[C-]#[O+].[C-]#[O+].[Mn]. The summed E-state index contributed by atoms with van der Waals surface area (Å²) in [6.07, 6.45) is 0. The second kappa shape index (κ2) is 193. The molecule has 2 N–H and O–H groups in total. The van der Waals surface area contributed by atoms with E-state index >= 15 is 0 Å². The van der Waals surface area contributed by atoms with E-state index in [1.54, 1.807) is 11.3 Å². The van der Waals surface area contributed by atoms with Crippen LogP contribution in [0.25, 0.3) is 0 Å². The molecule has 13 heteroatoms. The maximum atomic E-state index is 7.50. The summed E-state index contributed by atoms with van der Waals surface area (Å²) in [5, 5.41) is 1.99. The maximum absolute atomic E-state index is 7.50. The molecule has 10 nitrogen and oxygen atoms in total. The number of hydrogen-bond acceptors (Lipinski definition) is 2. The van der Waals surface area contributed by atoms with Crippen molar-refractivity contribution in [2.75, 3.05) is 0 Å². The first-order chi connectivity index (χ1) is 12.8. The Morgan fingerprint density at radius 3 is 0.963 bits per heavy atom. The molecule has 0 fully saturated rings. The number of rotatable bonds is 1. The van der Waals surface area contributed by atoms with E-state index in [2.05, 4.69) is 75.4 Å². The van der Waals surface area contributed by atoms with Crippen molar-refractivity contribution in [3.63, 3.8) is 0 Å². The number of nitrogens with two attached hydrogens (primary N) is 1. The molecule has 140 valence electrons. The first kappa shape index (κ1) is 63.9. The van der Waals surface area contributed by atoms with Crippen LogP contribution in [-0.4, -0.2) is 4.54 Å². The van der Waals surface area contributed by atoms with Gasteiger partial charge in [-0.15, -0.1) is 0 Å². The fourth-order valence-corrected chi connectivity index (χ4v) is 1.29. The average molecular weight is 473 g/mol. The van der Waals surface area contributed by atoms with E-state index in [1.165, 1.54) is 0 Å². The van der Waals surface area contributed by atoms with Gasteiger partial charge in [-0.1, -0.05) is 0 Å². The maximum Gasteiger partial charge on any atom is 0 e. The van der Waals surface area contributed by atoms with Gasteiger partial charge in [0.1, 0.15) is 0 Å². The zero-order valence-corrected chi connectivity index (χ0v) is 15.8. The summed E-state index contributed by atoms with van der Waals surface area (Å²) in [6.45, 7) is 40.5. The molecular formula is C14H5Mn2NO9S. The van der Waals surface area contributed by atoms with Crippen LogP contribution in [0, 0.1) is 59.9 Å². The van der Waals surface area contributed by atoms with E-state index < -0.39 is 0 Å². The van der Waals surface area contributed by atoms with Crippen LogP contribution in [0.15, 0.2) is 17.5 Å². The summed E-state index contributed by atoms with van der Waals surface area (Å²) >= 11 is 4.79. The average Bonchev–Trinajstić information content (AvgIpc) is 3.36. The van der Waals surface area contributed by atoms with Crippen molar-refractivity contribution in [3.8, 4) is 0 Å². The summed E-state index contributed by atoms with van der Waals surface area (Å²) in [6, 6.07) is 3.93. The Morgan fingerprint density at radius 2 is 0.889 bits per heavy atom. The van der Waals surface area contributed by atoms with E-state index in [9.17, 15) is 0 Å². The Labute approximate surface area is 178 Å². The normalized spacial score (nSPS) is 3.37. The molecule has 0 saturated carbocycles. The predicted octanol–water partition coefficient (Wildman–Crippen LogP) is 0.392. The van der Waals surface area contributed by atoms with Crippen LogP contribution in [-0.2, 0) is 74.5 Å². The minimum atomic E-state index is 0. The summed E-state index contributed by atoms with van der Waals surface area (Å²) < 4.78 is 68.2. The van der Waals surface area contributed by atoms with E-state index in [4.69, 9.17) is 47.6 Å². The minimum absolute atomic E-state index is 0. The molecule has 1 aromatic heterocycles. The van der Waals surface area contributed by atoms with Crippen LogP contribution in [0.1, 0.15) is 4.88 Å². The standard InChI is InChI=1S/C5H5NS.9CO.2Mn/c6-4-5-2-1-3-7-5;9*1-2;;/h1-3H,6H2;;;;;;;;;;;. The van der Waals surface area contributed by atoms with Gasteiger partial charge in [-0.25, -0.2) is 0 Å². The van der Waals surface area contributed by atoms with E-state index in [0.29, 0.717) is 4.54 Å². The minimum Gasteiger partial charge on any atom is 0 e. The van der Waals surface area contributed by atoms with Crippen LogP contribution in [0.3, 0.4) is 0 Å². The van der Waals surface area contributed by atoms with E-state index in [-0.39, 0.29) is 17.1 Å². The third-order valence-corrected chi connectivity index (χ3v) is 2.17. The summed E-state index contributed by atoms with van der Waals surface area (Å²) in [7, 11) is 0. The molecule has 0 bridgehead atoms. The molecule has 0 aliphatic heterocycles. The van der Waals surface area contributed by atoms with Gasteiger partial charge in [0.25, 0.3) is 0 Å². The Kier molecular flexibility index (Phi) is 457. The van der Waals surface area contributed by atoms with Gasteiger partial charge in [0.05, 0.1) is 0 Å². The molecule has 0 amide bonds. The van der Waals surface area contributed by atoms with Crippen molar-refractivity contribution in [2.24, 2.45) is 5.73 Å². The molecule has 0 aliphatic rings. The molecule has 0 atom stereocenters. The van der Waals surface area contributed by atoms with Gasteiger partial charge in [-0.2, -0.15) is 0 Å². The largest absolute Gasteiger partial charge is 0 e. The number of thiophene rings is 1. The Morgan fingerprint density at radius 1 is 0.667 bits per heavy atom.